The molecule has 5 aliphatic carbocycles. The number of fused-ring (bicyclic) bond motifs is 26. The predicted octanol–water partition coefficient (Wildman–Crippen LogP) is 26.4. The summed E-state index contributed by atoms with van der Waals surface area (Å²) in [6.07, 6.45) is 0. The molecule has 0 amide bonds. The number of nitrogens with zero attached hydrogens (tertiary/aromatic N) is 2. The van der Waals surface area contributed by atoms with Crippen LogP contribution in [0.2, 0.25) is 0 Å². The molecule has 0 unspecified atom stereocenters. The van der Waals surface area contributed by atoms with Gasteiger partial charge in [0.15, 0.2) is 0 Å². The van der Waals surface area contributed by atoms with E-state index in [0.717, 1.165) is 34.1 Å². The fourth-order valence-electron chi connectivity index (χ4n) is 19.6. The summed E-state index contributed by atoms with van der Waals surface area (Å²) < 4.78 is 0. The summed E-state index contributed by atoms with van der Waals surface area (Å²) in [4.78, 5) is 4.98. The lowest BCUT2D eigenvalue weighted by molar-refractivity contribution is 0.660. The second kappa shape index (κ2) is 21.6. The van der Waals surface area contributed by atoms with E-state index >= 15 is 0 Å². The highest BCUT2D eigenvalue weighted by Gasteiger charge is 2.53. The Morgan fingerprint density at radius 1 is 0.184 bits per heavy atom. The van der Waals surface area contributed by atoms with Crippen LogP contribution in [0, 0.1) is 0 Å². The number of rotatable bonds is 8. The second-order valence-electron chi connectivity index (χ2n) is 29.3. The molecule has 0 N–H and O–H groups in total. The third-order valence-corrected chi connectivity index (χ3v) is 24.0. The highest BCUT2D eigenvalue weighted by atomic mass is 15.1. The molecule has 0 bridgehead atoms. The third kappa shape index (κ3) is 7.98. The minimum atomic E-state index is -0.484. The van der Waals surface area contributed by atoms with E-state index in [4.69, 9.17) is 0 Å². The molecule has 17 aromatic carbocycles. The monoisotopic (exact) mass is 1310 g/mol. The second-order valence-corrected chi connectivity index (χ2v) is 29.3. The Balaban J connectivity index is 0.656. The smallest absolute Gasteiger partial charge is 0.0726 e. The first kappa shape index (κ1) is 58.0. The Kier molecular flexibility index (Phi) is 12.1. The Bertz CT molecular complexity index is 6370. The van der Waals surface area contributed by atoms with Gasteiger partial charge in [-0.15, -0.1) is 0 Å². The molecule has 17 aromatic rings. The largest absolute Gasteiger partial charge is 0.310 e. The van der Waals surface area contributed by atoms with Crippen molar-refractivity contribution >= 4 is 66.4 Å². The average molecular weight is 1310 g/mol. The molecule has 480 valence electrons. The van der Waals surface area contributed by atoms with E-state index in [9.17, 15) is 0 Å². The average Bonchev–Trinajstić information content (AvgIpc) is 1.51. The van der Waals surface area contributed by atoms with Crippen molar-refractivity contribution in [3.8, 4) is 77.9 Å². The van der Waals surface area contributed by atoms with Crippen LogP contribution >= 0.6 is 0 Å². The van der Waals surface area contributed by atoms with E-state index < -0.39 is 10.8 Å². The van der Waals surface area contributed by atoms with E-state index in [-0.39, 0.29) is 5.41 Å². The molecular formula is C101H66N2. The van der Waals surface area contributed by atoms with Gasteiger partial charge < -0.3 is 9.80 Å². The Morgan fingerprint density at radius 3 is 1.15 bits per heavy atom. The van der Waals surface area contributed by atoms with Crippen molar-refractivity contribution in [1.82, 2.24) is 0 Å². The number of hydrogen-bond acceptors (Lipinski definition) is 2. The summed E-state index contributed by atoms with van der Waals surface area (Å²) in [5, 5.41) is 7.13. The zero-order valence-corrected chi connectivity index (χ0v) is 57.0. The molecule has 2 heteroatoms. The molecule has 0 heterocycles. The maximum atomic E-state index is 2.53. The van der Waals surface area contributed by atoms with Crippen LogP contribution in [0.25, 0.3) is 110 Å². The van der Waals surface area contributed by atoms with E-state index in [1.807, 2.05) is 0 Å². The molecule has 0 aliphatic heterocycles. The molecule has 0 aromatic heterocycles. The maximum absolute atomic E-state index is 2.53. The summed E-state index contributed by atoms with van der Waals surface area (Å²) in [7, 11) is 0. The van der Waals surface area contributed by atoms with Crippen LogP contribution in [0.15, 0.2) is 364 Å². The molecule has 103 heavy (non-hydrogen) atoms. The topological polar surface area (TPSA) is 6.48 Å². The molecule has 0 saturated carbocycles. The van der Waals surface area contributed by atoms with E-state index in [1.54, 1.807) is 0 Å². The normalized spacial score (nSPS) is 14.2. The highest BCUT2D eigenvalue weighted by molar-refractivity contribution is 6.05. The van der Waals surface area contributed by atoms with Crippen LogP contribution in [0.5, 0.6) is 0 Å². The van der Waals surface area contributed by atoms with Crippen LogP contribution in [-0.4, -0.2) is 0 Å². The molecule has 0 fully saturated rings. The van der Waals surface area contributed by atoms with Gasteiger partial charge in [0, 0.05) is 39.2 Å². The molecule has 2 nitrogen and oxygen atoms in total. The van der Waals surface area contributed by atoms with Crippen LogP contribution in [0.3, 0.4) is 0 Å². The minimum Gasteiger partial charge on any atom is -0.310 e. The lowest BCUT2D eigenvalue weighted by atomic mass is 9.70. The van der Waals surface area contributed by atoms with Crippen molar-refractivity contribution in [2.24, 2.45) is 0 Å². The minimum absolute atomic E-state index is 0.186. The first-order chi connectivity index (χ1) is 50.8. The first-order valence-electron chi connectivity index (χ1n) is 36.2. The number of anilines is 6. The Hall–Kier alpha value is -12.9. The van der Waals surface area contributed by atoms with Gasteiger partial charge in [-0.25, -0.2) is 0 Å². The predicted molar refractivity (Wildman–Crippen MR) is 429 cm³/mol. The van der Waals surface area contributed by atoms with Crippen molar-refractivity contribution in [3.05, 3.63) is 420 Å². The number of hydrogen-bond donors (Lipinski definition) is 0. The van der Waals surface area contributed by atoms with Crippen molar-refractivity contribution < 1.29 is 0 Å². The Labute approximate surface area is 600 Å². The molecule has 0 radical (unpaired) electrons. The highest BCUT2D eigenvalue weighted by Crippen LogP contribution is 2.66. The summed E-state index contributed by atoms with van der Waals surface area (Å²) >= 11 is 0. The van der Waals surface area contributed by atoms with Crippen LogP contribution in [0.4, 0.5) is 34.1 Å². The van der Waals surface area contributed by atoms with Gasteiger partial charge >= 0.3 is 0 Å². The summed E-state index contributed by atoms with van der Waals surface area (Å²) in [5.41, 5.74) is 36.9. The molecule has 5 aliphatic rings. The maximum Gasteiger partial charge on any atom is 0.0726 e. The lowest BCUT2D eigenvalue weighted by Gasteiger charge is -2.32. The van der Waals surface area contributed by atoms with Gasteiger partial charge in [-0.1, -0.05) is 299 Å². The van der Waals surface area contributed by atoms with Gasteiger partial charge in [0.25, 0.3) is 0 Å². The molecule has 0 saturated heterocycles. The fourth-order valence-corrected chi connectivity index (χ4v) is 19.6. The quantitative estimate of drug-likeness (QED) is 0.150. The first-order valence-corrected chi connectivity index (χ1v) is 36.2. The van der Waals surface area contributed by atoms with E-state index in [0.29, 0.717) is 0 Å². The molecule has 2 spiro atoms. The molecular weight excluding hydrogens is 1240 g/mol. The summed E-state index contributed by atoms with van der Waals surface area (Å²) in [6.45, 7) is 4.78. The number of benzene rings is 17. The molecule has 22 rings (SSSR count). The Morgan fingerprint density at radius 2 is 0.553 bits per heavy atom. The van der Waals surface area contributed by atoms with Gasteiger partial charge in [-0.3, -0.25) is 0 Å². The summed E-state index contributed by atoms with van der Waals surface area (Å²) in [6, 6.07) is 138. The van der Waals surface area contributed by atoms with E-state index in [2.05, 4.69) is 388 Å². The van der Waals surface area contributed by atoms with Crippen molar-refractivity contribution in [2.75, 3.05) is 9.80 Å². The SMILES string of the molecule is CC1(C)c2ccccc2-c2ccc(N(c3ccc4c(c3)C3(c5ccccc5-c5ccccc53)c3ccccc3-4)c3ccc4c(-c5ccc6ccc(N(c7ccc(-c8ccc9c(c8)C8(c%10ccccc%10-c%10ccccc%108)c8ccccc8-9)cc7)c7cccc8ccccc78)cc6c5)cccc4c3)cc21. The fraction of sp³-hybridized carbons (Fsp3) is 0.0495. The van der Waals surface area contributed by atoms with Crippen LogP contribution < -0.4 is 9.80 Å². The molecule has 0 atom stereocenters. The zero-order valence-electron chi connectivity index (χ0n) is 57.0. The van der Waals surface area contributed by atoms with Gasteiger partial charge in [0.2, 0.25) is 0 Å². The lowest BCUT2D eigenvalue weighted by Crippen LogP contribution is -2.26. The van der Waals surface area contributed by atoms with E-state index in [1.165, 1.54) is 166 Å². The van der Waals surface area contributed by atoms with Crippen LogP contribution in [-0.2, 0) is 16.2 Å². The summed E-state index contributed by atoms with van der Waals surface area (Å²) in [5.74, 6) is 0. The van der Waals surface area contributed by atoms with Crippen molar-refractivity contribution in [1.29, 1.82) is 0 Å². The van der Waals surface area contributed by atoms with Gasteiger partial charge in [-0.2, -0.15) is 0 Å². The van der Waals surface area contributed by atoms with Crippen LogP contribution in [0.1, 0.15) is 69.5 Å². The third-order valence-electron chi connectivity index (χ3n) is 24.0. The van der Waals surface area contributed by atoms with Crippen molar-refractivity contribution in [2.45, 2.75) is 30.1 Å². The standard InChI is InChI=1S/C101H66N2/c1-99(2)88-33-12-5-25-78(88)85-55-51-73(61-95(85)99)102(74-52-56-87-84-31-11-18-39-94(84)101(97(87)62-74)91-36-15-8-28-81(91)82-29-9-16-37-92(82)101)71-50-54-76-67(58-71)23-19-32-75(76)68-42-41-64-45-49-72(59-69(64)57-68)103(98-40-20-22-65-21-3-4-24-77(65)98)70-47-43-63(44-48-70)66-46-53-86-83-30-10-17-38-93(83)100(96(86)60-66)89-34-13-6-26-79(89)80-27-7-14-35-90(80)100/h3-62H,1-2H3. The van der Waals surface area contributed by atoms with Gasteiger partial charge in [-0.05, 0) is 239 Å². The van der Waals surface area contributed by atoms with Crippen molar-refractivity contribution in [3.63, 3.8) is 0 Å². The van der Waals surface area contributed by atoms with Gasteiger partial charge in [0.05, 0.1) is 16.5 Å². The van der Waals surface area contributed by atoms with Gasteiger partial charge in [0.1, 0.15) is 0 Å². The zero-order chi connectivity index (χ0) is 67.9.